The summed E-state index contributed by atoms with van der Waals surface area (Å²) in [5.74, 6) is 1.66. The molecule has 0 bridgehead atoms. The van der Waals surface area contributed by atoms with Gasteiger partial charge in [-0.25, -0.2) is 0 Å². The molecule has 1 saturated carbocycles. The van der Waals surface area contributed by atoms with Gasteiger partial charge in [-0.3, -0.25) is 0 Å². The minimum absolute atomic E-state index is 0. The number of ether oxygens (including phenoxy) is 1. The topological polar surface area (TPSA) is 35.2 Å². The van der Waals surface area contributed by atoms with E-state index in [2.05, 4.69) is 26.8 Å². The van der Waals surface area contributed by atoms with Crippen molar-refractivity contribution in [3.05, 3.63) is 23.1 Å². The Labute approximate surface area is 113 Å². The maximum Gasteiger partial charge on any atom is 0.138 e. The Balaban J connectivity index is 0.00000180. The summed E-state index contributed by atoms with van der Waals surface area (Å²) in [4.78, 5) is 0. The molecule has 2 aliphatic carbocycles. The van der Waals surface area contributed by atoms with Crippen molar-refractivity contribution in [1.29, 1.82) is 0 Å². The van der Waals surface area contributed by atoms with Crippen LogP contribution in [0.5, 0.6) is 0 Å². The first-order valence-electron chi connectivity index (χ1n) is 7.29. The van der Waals surface area contributed by atoms with E-state index in [1.165, 1.54) is 37.7 Å². The van der Waals surface area contributed by atoms with Crippen LogP contribution < -0.4 is 5.73 Å². The molecular weight excluding hydrogens is 222 g/mol. The molecule has 0 aliphatic heterocycles. The normalized spacial score (nSPS) is 24.9. The van der Waals surface area contributed by atoms with Gasteiger partial charge in [-0.15, -0.1) is 0 Å². The number of hydrogen-bond donors (Lipinski definition) is 1. The Morgan fingerprint density at radius 2 is 2.00 bits per heavy atom. The molecule has 1 fully saturated rings. The molecule has 0 aromatic carbocycles. The largest absolute Gasteiger partial charge is 0.491 e. The van der Waals surface area contributed by atoms with E-state index in [0.29, 0.717) is 0 Å². The third-order valence-electron chi connectivity index (χ3n) is 4.29. The molecule has 0 unspecified atom stereocenters. The van der Waals surface area contributed by atoms with E-state index in [4.69, 9.17) is 10.5 Å². The van der Waals surface area contributed by atoms with Gasteiger partial charge in [0.25, 0.3) is 0 Å². The zero-order valence-corrected chi connectivity index (χ0v) is 12.1. The standard InChI is InChI=1S/C16H27NO.H2/c1-12-9-14(15(17)16(2,3)10-12)18-11-13-7-5-4-6-8-13;/h9,13H,4-8,10-11,17H2,1-3H3;1H. The molecule has 2 rings (SSSR count). The van der Waals surface area contributed by atoms with E-state index in [0.717, 1.165) is 30.4 Å². The molecule has 0 atom stereocenters. The van der Waals surface area contributed by atoms with Gasteiger partial charge in [0, 0.05) is 6.84 Å². The van der Waals surface area contributed by atoms with Crippen LogP contribution in [0.4, 0.5) is 0 Å². The molecule has 18 heavy (non-hydrogen) atoms. The molecule has 104 valence electrons. The van der Waals surface area contributed by atoms with Crippen molar-refractivity contribution in [2.24, 2.45) is 17.1 Å². The monoisotopic (exact) mass is 251 g/mol. The quantitative estimate of drug-likeness (QED) is 0.808. The summed E-state index contributed by atoms with van der Waals surface area (Å²) in [6.07, 6.45) is 9.93. The SMILES string of the molecule is CC1=CC(OCC2CCCCC2)=C(N)C(C)(C)C1.[HH]. The van der Waals surface area contributed by atoms with Crippen LogP contribution in [-0.2, 0) is 4.74 Å². The summed E-state index contributed by atoms with van der Waals surface area (Å²) in [7, 11) is 0. The molecule has 2 aliphatic rings. The van der Waals surface area contributed by atoms with Gasteiger partial charge in [-0.2, -0.15) is 0 Å². The summed E-state index contributed by atoms with van der Waals surface area (Å²) in [5, 5.41) is 0. The van der Waals surface area contributed by atoms with E-state index in [1.54, 1.807) is 0 Å². The van der Waals surface area contributed by atoms with Crippen molar-refractivity contribution < 1.29 is 6.16 Å². The fraction of sp³-hybridized carbons (Fsp3) is 0.750. The van der Waals surface area contributed by atoms with E-state index in [-0.39, 0.29) is 6.84 Å². The molecule has 0 aromatic heterocycles. The fourth-order valence-corrected chi connectivity index (χ4v) is 3.16. The molecule has 0 spiro atoms. The van der Waals surface area contributed by atoms with E-state index in [9.17, 15) is 0 Å². The molecule has 0 heterocycles. The van der Waals surface area contributed by atoms with Gasteiger partial charge >= 0.3 is 0 Å². The maximum absolute atomic E-state index is 6.24. The van der Waals surface area contributed by atoms with Crippen LogP contribution in [0.25, 0.3) is 0 Å². The minimum Gasteiger partial charge on any atom is -0.491 e. The average Bonchev–Trinajstić information content (AvgIpc) is 2.33. The predicted molar refractivity (Wildman–Crippen MR) is 78.0 cm³/mol. The lowest BCUT2D eigenvalue weighted by atomic mass is 9.79. The van der Waals surface area contributed by atoms with Crippen LogP contribution in [0.15, 0.2) is 23.1 Å². The third-order valence-corrected chi connectivity index (χ3v) is 4.29. The molecule has 0 saturated heterocycles. The highest BCUT2D eigenvalue weighted by molar-refractivity contribution is 5.32. The Morgan fingerprint density at radius 1 is 1.33 bits per heavy atom. The van der Waals surface area contributed by atoms with Gasteiger partial charge in [-0.1, -0.05) is 38.7 Å². The first-order chi connectivity index (χ1) is 8.49. The van der Waals surface area contributed by atoms with E-state index < -0.39 is 0 Å². The first-order valence-corrected chi connectivity index (χ1v) is 7.29. The Bertz CT molecular complexity index is 365. The van der Waals surface area contributed by atoms with Crippen LogP contribution in [0.1, 0.15) is 60.7 Å². The van der Waals surface area contributed by atoms with Crippen molar-refractivity contribution in [3.63, 3.8) is 0 Å². The van der Waals surface area contributed by atoms with Gasteiger partial charge in [0.05, 0.1) is 12.3 Å². The number of allylic oxidation sites excluding steroid dienone is 3. The second kappa shape index (κ2) is 5.38. The third kappa shape index (κ3) is 3.09. The zero-order chi connectivity index (χ0) is 13.2. The Morgan fingerprint density at radius 3 is 2.67 bits per heavy atom. The lowest BCUT2D eigenvalue weighted by Crippen LogP contribution is -2.27. The summed E-state index contributed by atoms with van der Waals surface area (Å²) < 4.78 is 6.02. The molecular formula is C16H29NO. The molecule has 0 radical (unpaired) electrons. The van der Waals surface area contributed by atoms with Gasteiger partial charge < -0.3 is 10.5 Å². The molecule has 2 nitrogen and oxygen atoms in total. The number of rotatable bonds is 3. The van der Waals surface area contributed by atoms with Crippen LogP contribution in [0, 0.1) is 11.3 Å². The zero-order valence-electron chi connectivity index (χ0n) is 12.1. The molecule has 2 N–H and O–H groups in total. The number of hydrogen-bond acceptors (Lipinski definition) is 2. The average molecular weight is 251 g/mol. The molecule has 2 heteroatoms. The van der Waals surface area contributed by atoms with Crippen LogP contribution >= 0.6 is 0 Å². The second-order valence-electron chi connectivity index (χ2n) is 6.64. The van der Waals surface area contributed by atoms with Crippen LogP contribution in [-0.4, -0.2) is 6.61 Å². The van der Waals surface area contributed by atoms with Gasteiger partial charge in [0.1, 0.15) is 5.76 Å². The molecule has 0 aromatic rings. The Hall–Kier alpha value is -0.920. The fourth-order valence-electron chi connectivity index (χ4n) is 3.16. The highest BCUT2D eigenvalue weighted by atomic mass is 16.5. The Kier molecular flexibility index (Phi) is 4.04. The van der Waals surface area contributed by atoms with E-state index in [1.807, 2.05) is 0 Å². The summed E-state index contributed by atoms with van der Waals surface area (Å²) in [5.41, 5.74) is 8.58. The second-order valence-corrected chi connectivity index (χ2v) is 6.64. The van der Waals surface area contributed by atoms with Crippen LogP contribution in [0.3, 0.4) is 0 Å². The van der Waals surface area contributed by atoms with Crippen molar-refractivity contribution in [2.75, 3.05) is 6.61 Å². The van der Waals surface area contributed by atoms with Gasteiger partial charge in [0.15, 0.2) is 0 Å². The highest BCUT2D eigenvalue weighted by Gasteiger charge is 2.29. The van der Waals surface area contributed by atoms with Gasteiger partial charge in [-0.05, 0) is 38.2 Å². The first kappa shape index (κ1) is 13.5. The summed E-state index contributed by atoms with van der Waals surface area (Å²) in [6.45, 7) is 7.40. The van der Waals surface area contributed by atoms with Crippen molar-refractivity contribution in [1.82, 2.24) is 0 Å². The van der Waals surface area contributed by atoms with E-state index >= 15 is 0 Å². The smallest absolute Gasteiger partial charge is 0.138 e. The maximum atomic E-state index is 6.24. The predicted octanol–water partition coefficient (Wildman–Crippen LogP) is 4.38. The molecule has 0 amide bonds. The number of nitrogens with two attached hydrogens (primary N) is 1. The van der Waals surface area contributed by atoms with Crippen molar-refractivity contribution in [2.45, 2.75) is 59.3 Å². The van der Waals surface area contributed by atoms with Crippen LogP contribution in [0.2, 0.25) is 0 Å². The lowest BCUT2D eigenvalue weighted by molar-refractivity contribution is 0.141. The van der Waals surface area contributed by atoms with Crippen molar-refractivity contribution >= 4 is 0 Å². The summed E-state index contributed by atoms with van der Waals surface area (Å²) in [6, 6.07) is 0. The van der Waals surface area contributed by atoms with Gasteiger partial charge in [0.2, 0.25) is 0 Å². The minimum atomic E-state index is 0. The van der Waals surface area contributed by atoms with Crippen molar-refractivity contribution in [3.8, 4) is 0 Å². The summed E-state index contributed by atoms with van der Waals surface area (Å²) >= 11 is 0. The highest BCUT2D eigenvalue weighted by Crippen LogP contribution is 2.37. The lowest BCUT2D eigenvalue weighted by Gasteiger charge is -2.32.